The predicted octanol–water partition coefficient (Wildman–Crippen LogP) is 5.52. The van der Waals surface area contributed by atoms with Crippen LogP contribution in [0.1, 0.15) is 16.1 Å². The summed E-state index contributed by atoms with van der Waals surface area (Å²) in [5, 5.41) is 6.04. The van der Waals surface area contributed by atoms with E-state index in [9.17, 15) is 4.79 Å². The standard InChI is InChI=1S/C21H16N2OS/c1-14-17(13-15-7-2-4-9-18(15)22-14)21(24)23-19-10-5-3-8-16(19)20-11-6-12-25-20/h2-13H,1H3,(H,23,24). The summed E-state index contributed by atoms with van der Waals surface area (Å²) in [6.45, 7) is 1.87. The van der Waals surface area contributed by atoms with Gasteiger partial charge in [0, 0.05) is 21.5 Å². The van der Waals surface area contributed by atoms with Gasteiger partial charge in [0.2, 0.25) is 0 Å². The minimum atomic E-state index is -0.139. The van der Waals surface area contributed by atoms with Crippen LogP contribution in [0.3, 0.4) is 0 Å². The number of rotatable bonds is 3. The summed E-state index contributed by atoms with van der Waals surface area (Å²) in [4.78, 5) is 18.5. The molecule has 0 aliphatic carbocycles. The summed E-state index contributed by atoms with van der Waals surface area (Å²) in [5.41, 5.74) is 4.06. The van der Waals surface area contributed by atoms with Crippen LogP contribution in [-0.4, -0.2) is 10.9 Å². The van der Waals surface area contributed by atoms with Crippen LogP contribution in [0.15, 0.2) is 72.1 Å². The van der Waals surface area contributed by atoms with Crippen molar-refractivity contribution in [2.24, 2.45) is 0 Å². The molecule has 4 rings (SSSR count). The van der Waals surface area contributed by atoms with E-state index in [1.807, 2.05) is 73.0 Å². The van der Waals surface area contributed by atoms with Crippen LogP contribution in [0, 0.1) is 6.92 Å². The molecule has 0 spiro atoms. The molecule has 4 heteroatoms. The Labute approximate surface area is 150 Å². The van der Waals surface area contributed by atoms with Crippen molar-refractivity contribution in [1.82, 2.24) is 4.98 Å². The molecule has 0 aliphatic heterocycles. The van der Waals surface area contributed by atoms with Crippen LogP contribution in [0.4, 0.5) is 5.69 Å². The Hall–Kier alpha value is -2.98. The van der Waals surface area contributed by atoms with Crippen LogP contribution in [0.25, 0.3) is 21.3 Å². The van der Waals surface area contributed by atoms with Gasteiger partial charge in [-0.3, -0.25) is 9.78 Å². The number of aryl methyl sites for hydroxylation is 1. The zero-order valence-electron chi connectivity index (χ0n) is 13.7. The maximum absolute atomic E-state index is 12.9. The van der Waals surface area contributed by atoms with Crippen molar-refractivity contribution in [2.45, 2.75) is 6.92 Å². The highest BCUT2D eigenvalue weighted by atomic mass is 32.1. The minimum Gasteiger partial charge on any atom is -0.321 e. The highest BCUT2D eigenvalue weighted by Crippen LogP contribution is 2.31. The second-order valence-electron chi connectivity index (χ2n) is 5.79. The number of nitrogens with zero attached hydrogens (tertiary/aromatic N) is 1. The van der Waals surface area contributed by atoms with Gasteiger partial charge in [-0.1, -0.05) is 42.5 Å². The summed E-state index contributed by atoms with van der Waals surface area (Å²) in [6, 6.07) is 21.7. The number of carbonyl (C=O) groups is 1. The van der Waals surface area contributed by atoms with Crippen molar-refractivity contribution in [3.8, 4) is 10.4 Å². The van der Waals surface area contributed by atoms with E-state index in [1.54, 1.807) is 11.3 Å². The number of anilines is 1. The Kier molecular flexibility index (Phi) is 4.04. The van der Waals surface area contributed by atoms with Crippen LogP contribution in [0.2, 0.25) is 0 Å². The molecule has 2 aromatic heterocycles. The molecule has 0 saturated carbocycles. The van der Waals surface area contributed by atoms with Gasteiger partial charge in [-0.25, -0.2) is 0 Å². The van der Waals surface area contributed by atoms with Crippen LogP contribution < -0.4 is 5.32 Å². The number of thiophene rings is 1. The maximum Gasteiger partial charge on any atom is 0.257 e. The van der Waals surface area contributed by atoms with Crippen LogP contribution in [-0.2, 0) is 0 Å². The molecule has 3 nitrogen and oxygen atoms in total. The predicted molar refractivity (Wildman–Crippen MR) is 104 cm³/mol. The number of para-hydroxylation sites is 2. The van der Waals surface area contributed by atoms with E-state index in [-0.39, 0.29) is 5.91 Å². The maximum atomic E-state index is 12.9. The highest BCUT2D eigenvalue weighted by Gasteiger charge is 2.14. The molecule has 0 atom stereocenters. The average Bonchev–Trinajstić information content (AvgIpc) is 3.16. The van der Waals surface area contributed by atoms with Gasteiger partial charge in [0.1, 0.15) is 0 Å². The van der Waals surface area contributed by atoms with Crippen molar-refractivity contribution in [3.05, 3.63) is 83.4 Å². The molecule has 0 fully saturated rings. The van der Waals surface area contributed by atoms with Crippen molar-refractivity contribution in [1.29, 1.82) is 0 Å². The summed E-state index contributed by atoms with van der Waals surface area (Å²) in [7, 11) is 0. The van der Waals surface area contributed by atoms with Gasteiger partial charge < -0.3 is 5.32 Å². The van der Waals surface area contributed by atoms with E-state index in [1.165, 1.54) is 0 Å². The second-order valence-corrected chi connectivity index (χ2v) is 6.74. The number of aromatic nitrogens is 1. The van der Waals surface area contributed by atoms with Crippen LogP contribution in [0.5, 0.6) is 0 Å². The topological polar surface area (TPSA) is 42.0 Å². The molecule has 122 valence electrons. The van der Waals surface area contributed by atoms with Crippen molar-refractivity contribution < 1.29 is 4.79 Å². The van der Waals surface area contributed by atoms with Gasteiger partial charge in [0.15, 0.2) is 0 Å². The van der Waals surface area contributed by atoms with Gasteiger partial charge in [-0.2, -0.15) is 0 Å². The molecular weight excluding hydrogens is 328 g/mol. The Balaban J connectivity index is 1.71. The zero-order valence-corrected chi connectivity index (χ0v) is 14.5. The Morgan fingerprint density at radius 3 is 2.64 bits per heavy atom. The molecule has 0 unspecified atom stereocenters. The molecule has 0 aliphatic rings. The van der Waals surface area contributed by atoms with Crippen molar-refractivity contribution >= 4 is 33.8 Å². The molecule has 2 heterocycles. The van der Waals surface area contributed by atoms with E-state index in [2.05, 4.69) is 16.4 Å². The van der Waals surface area contributed by atoms with Crippen molar-refractivity contribution in [2.75, 3.05) is 5.32 Å². The van der Waals surface area contributed by atoms with E-state index in [4.69, 9.17) is 0 Å². The number of hydrogen-bond donors (Lipinski definition) is 1. The quantitative estimate of drug-likeness (QED) is 0.531. The monoisotopic (exact) mass is 344 g/mol. The lowest BCUT2D eigenvalue weighted by molar-refractivity contribution is 0.102. The first kappa shape index (κ1) is 15.5. The smallest absolute Gasteiger partial charge is 0.257 e. The van der Waals surface area contributed by atoms with Gasteiger partial charge in [0.05, 0.1) is 16.8 Å². The second kappa shape index (κ2) is 6.49. The molecule has 1 N–H and O–H groups in total. The number of nitrogens with one attached hydrogen (secondary N) is 1. The number of carbonyl (C=O) groups excluding carboxylic acids is 1. The van der Waals surface area contributed by atoms with Gasteiger partial charge in [-0.15, -0.1) is 11.3 Å². The van der Waals surface area contributed by atoms with E-state index in [0.29, 0.717) is 5.56 Å². The lowest BCUT2D eigenvalue weighted by atomic mass is 10.1. The third-order valence-electron chi connectivity index (χ3n) is 4.12. The minimum absolute atomic E-state index is 0.139. The summed E-state index contributed by atoms with van der Waals surface area (Å²) in [6.07, 6.45) is 0. The largest absolute Gasteiger partial charge is 0.321 e. The molecule has 0 saturated heterocycles. The lowest BCUT2D eigenvalue weighted by Gasteiger charge is -2.12. The SMILES string of the molecule is Cc1nc2ccccc2cc1C(=O)Nc1ccccc1-c1cccs1. The first-order chi connectivity index (χ1) is 12.2. The van der Waals surface area contributed by atoms with E-state index < -0.39 is 0 Å². The first-order valence-electron chi connectivity index (χ1n) is 8.03. The average molecular weight is 344 g/mol. The zero-order chi connectivity index (χ0) is 17.2. The third-order valence-corrected chi connectivity index (χ3v) is 5.02. The number of pyridine rings is 1. The fourth-order valence-electron chi connectivity index (χ4n) is 2.87. The third kappa shape index (κ3) is 3.04. The summed E-state index contributed by atoms with van der Waals surface area (Å²) < 4.78 is 0. The molecule has 0 bridgehead atoms. The van der Waals surface area contributed by atoms with Crippen LogP contribution >= 0.6 is 11.3 Å². The fraction of sp³-hybridized carbons (Fsp3) is 0.0476. The summed E-state index contributed by atoms with van der Waals surface area (Å²) in [5.74, 6) is -0.139. The lowest BCUT2D eigenvalue weighted by Crippen LogP contribution is -2.14. The molecule has 2 aromatic carbocycles. The van der Waals surface area contributed by atoms with E-state index >= 15 is 0 Å². The molecule has 0 radical (unpaired) electrons. The normalized spacial score (nSPS) is 10.8. The number of fused-ring (bicyclic) bond motifs is 1. The van der Waals surface area contributed by atoms with Gasteiger partial charge >= 0.3 is 0 Å². The first-order valence-corrected chi connectivity index (χ1v) is 8.91. The highest BCUT2D eigenvalue weighted by molar-refractivity contribution is 7.13. The van der Waals surface area contributed by atoms with Crippen molar-refractivity contribution in [3.63, 3.8) is 0 Å². The summed E-state index contributed by atoms with van der Waals surface area (Å²) >= 11 is 1.65. The number of amides is 1. The number of hydrogen-bond acceptors (Lipinski definition) is 3. The number of benzene rings is 2. The van der Waals surface area contributed by atoms with Gasteiger partial charge in [0.25, 0.3) is 5.91 Å². The fourth-order valence-corrected chi connectivity index (χ4v) is 3.64. The Bertz CT molecular complexity index is 1050. The molecule has 1 amide bonds. The van der Waals surface area contributed by atoms with E-state index in [0.717, 1.165) is 32.7 Å². The molecular formula is C21H16N2OS. The Morgan fingerprint density at radius 1 is 1.00 bits per heavy atom. The van der Waals surface area contributed by atoms with Gasteiger partial charge in [-0.05, 0) is 36.6 Å². The Morgan fingerprint density at radius 2 is 1.80 bits per heavy atom. The molecule has 4 aromatic rings. The molecule has 25 heavy (non-hydrogen) atoms.